The molecule has 1 saturated carbocycles. The van der Waals surface area contributed by atoms with Crippen molar-refractivity contribution in [1.29, 1.82) is 0 Å². The Labute approximate surface area is 133 Å². The van der Waals surface area contributed by atoms with Gasteiger partial charge in [0, 0.05) is 0 Å². The molecule has 2 atom stereocenters. The number of aliphatic hydroxyl groups is 1. The Bertz CT molecular complexity index is 551. The summed E-state index contributed by atoms with van der Waals surface area (Å²) >= 11 is 0. The van der Waals surface area contributed by atoms with Crippen LogP contribution in [0, 0.1) is 6.92 Å². The van der Waals surface area contributed by atoms with E-state index >= 15 is 0 Å². The molecule has 0 saturated heterocycles. The van der Waals surface area contributed by atoms with Gasteiger partial charge in [0.25, 0.3) is 10.1 Å². The van der Waals surface area contributed by atoms with Crippen LogP contribution in [0.5, 0.6) is 0 Å². The molecule has 0 bridgehead atoms. The minimum Gasteiger partial charge on any atom is -0.390 e. The van der Waals surface area contributed by atoms with E-state index in [0.29, 0.717) is 12.8 Å². The van der Waals surface area contributed by atoms with Gasteiger partial charge in [0.15, 0.2) is 0 Å². The molecule has 1 aromatic carbocycles. The number of aryl methyl sites for hydroxylation is 1. The van der Waals surface area contributed by atoms with E-state index in [1.54, 1.807) is 24.3 Å². The third kappa shape index (κ3) is 5.07. The normalized spacial score (nSPS) is 24.8. The van der Waals surface area contributed by atoms with Gasteiger partial charge < -0.3 is 5.11 Å². The maximum Gasteiger partial charge on any atom is 0.297 e. The van der Waals surface area contributed by atoms with Gasteiger partial charge in [-0.05, 0) is 31.9 Å². The largest absolute Gasteiger partial charge is 0.390 e. The first-order valence-corrected chi connectivity index (χ1v) is 9.58. The third-order valence-electron chi connectivity index (χ3n) is 4.23. The fourth-order valence-electron chi connectivity index (χ4n) is 2.82. The van der Waals surface area contributed by atoms with Gasteiger partial charge in [-0.3, -0.25) is 4.18 Å². The Hall–Kier alpha value is -0.910. The van der Waals surface area contributed by atoms with E-state index in [1.165, 1.54) is 12.8 Å². The standard InChI is InChI=1S/C17H26O4S/c1-14-10-12-15(13-11-14)22(19,20)21-17-9-7-5-3-2-4-6-8-16(17)18/h10-13,16-18H,2-9H2,1H3/t16-,17-/m0/s1. The maximum atomic E-state index is 12.4. The van der Waals surface area contributed by atoms with Gasteiger partial charge in [0.05, 0.1) is 11.0 Å². The van der Waals surface area contributed by atoms with Gasteiger partial charge in [-0.2, -0.15) is 8.42 Å². The summed E-state index contributed by atoms with van der Waals surface area (Å²) < 4.78 is 30.1. The van der Waals surface area contributed by atoms with Crippen LogP contribution >= 0.6 is 0 Å². The summed E-state index contributed by atoms with van der Waals surface area (Å²) in [6.45, 7) is 1.91. The summed E-state index contributed by atoms with van der Waals surface area (Å²) in [4.78, 5) is 0.155. The minimum atomic E-state index is -3.82. The van der Waals surface area contributed by atoms with Gasteiger partial charge in [-0.1, -0.05) is 56.2 Å². The van der Waals surface area contributed by atoms with Crippen LogP contribution in [-0.4, -0.2) is 25.7 Å². The molecule has 0 aromatic heterocycles. The summed E-state index contributed by atoms with van der Waals surface area (Å²) in [7, 11) is -3.82. The number of rotatable bonds is 3. The van der Waals surface area contributed by atoms with Gasteiger partial charge in [0.1, 0.15) is 6.10 Å². The van der Waals surface area contributed by atoms with Crippen molar-refractivity contribution < 1.29 is 17.7 Å². The van der Waals surface area contributed by atoms with Crippen molar-refractivity contribution in [2.24, 2.45) is 0 Å². The molecule has 0 radical (unpaired) electrons. The van der Waals surface area contributed by atoms with Crippen LogP contribution in [0.1, 0.15) is 56.9 Å². The van der Waals surface area contributed by atoms with Crippen LogP contribution in [-0.2, 0) is 14.3 Å². The molecule has 22 heavy (non-hydrogen) atoms. The molecule has 124 valence electrons. The van der Waals surface area contributed by atoms with E-state index < -0.39 is 22.3 Å². The third-order valence-corrected chi connectivity index (χ3v) is 5.58. The van der Waals surface area contributed by atoms with Crippen molar-refractivity contribution in [3.63, 3.8) is 0 Å². The molecule has 1 aliphatic carbocycles. The van der Waals surface area contributed by atoms with Crippen molar-refractivity contribution in [3.8, 4) is 0 Å². The molecule has 4 nitrogen and oxygen atoms in total. The first kappa shape index (κ1) is 17.4. The Morgan fingerprint density at radius 1 is 0.955 bits per heavy atom. The summed E-state index contributed by atoms with van der Waals surface area (Å²) in [5.41, 5.74) is 0.998. The highest BCUT2D eigenvalue weighted by atomic mass is 32.2. The average molecular weight is 326 g/mol. The Morgan fingerprint density at radius 2 is 1.50 bits per heavy atom. The lowest BCUT2D eigenvalue weighted by molar-refractivity contribution is 0.0256. The van der Waals surface area contributed by atoms with Gasteiger partial charge in [-0.15, -0.1) is 0 Å². The van der Waals surface area contributed by atoms with E-state index in [0.717, 1.165) is 31.2 Å². The summed E-state index contributed by atoms with van der Waals surface area (Å²) in [6, 6.07) is 6.61. The molecule has 0 unspecified atom stereocenters. The van der Waals surface area contributed by atoms with Crippen molar-refractivity contribution in [2.75, 3.05) is 0 Å². The minimum absolute atomic E-state index is 0.155. The highest BCUT2D eigenvalue weighted by molar-refractivity contribution is 7.86. The van der Waals surface area contributed by atoms with Crippen molar-refractivity contribution in [2.45, 2.75) is 75.4 Å². The van der Waals surface area contributed by atoms with Crippen LogP contribution < -0.4 is 0 Å². The lowest BCUT2D eigenvalue weighted by atomic mass is 9.97. The van der Waals surface area contributed by atoms with Crippen molar-refractivity contribution in [1.82, 2.24) is 0 Å². The fraction of sp³-hybridized carbons (Fsp3) is 0.647. The van der Waals surface area contributed by atoms with Crippen molar-refractivity contribution in [3.05, 3.63) is 29.8 Å². The van der Waals surface area contributed by atoms with E-state index in [1.807, 2.05) is 6.92 Å². The van der Waals surface area contributed by atoms with Crippen LogP contribution in [0.3, 0.4) is 0 Å². The van der Waals surface area contributed by atoms with Crippen LogP contribution in [0.2, 0.25) is 0 Å². The second-order valence-electron chi connectivity index (χ2n) is 6.17. The van der Waals surface area contributed by atoms with Crippen molar-refractivity contribution >= 4 is 10.1 Å². The van der Waals surface area contributed by atoms with Crippen LogP contribution in [0.15, 0.2) is 29.2 Å². The fourth-order valence-corrected chi connectivity index (χ4v) is 3.95. The predicted octanol–water partition coefficient (Wildman–Crippen LogP) is 3.56. The highest BCUT2D eigenvalue weighted by Gasteiger charge is 2.27. The monoisotopic (exact) mass is 326 g/mol. The number of benzene rings is 1. The molecule has 0 amide bonds. The average Bonchev–Trinajstić information content (AvgIpc) is 2.48. The lowest BCUT2D eigenvalue weighted by Crippen LogP contribution is -2.31. The highest BCUT2D eigenvalue weighted by Crippen LogP contribution is 2.23. The maximum absolute atomic E-state index is 12.4. The predicted molar refractivity (Wildman–Crippen MR) is 86.2 cm³/mol. The Balaban J connectivity index is 2.08. The smallest absolute Gasteiger partial charge is 0.297 e. The zero-order valence-corrected chi connectivity index (χ0v) is 14.0. The van der Waals surface area contributed by atoms with Gasteiger partial charge in [0.2, 0.25) is 0 Å². The summed E-state index contributed by atoms with van der Waals surface area (Å²) in [5, 5.41) is 10.3. The van der Waals surface area contributed by atoms with E-state index in [-0.39, 0.29) is 4.90 Å². The number of aliphatic hydroxyl groups excluding tert-OH is 1. The second kappa shape index (κ2) is 8.09. The van der Waals surface area contributed by atoms with Crippen LogP contribution in [0.4, 0.5) is 0 Å². The molecule has 1 aliphatic rings. The molecule has 2 rings (SSSR count). The molecule has 0 aliphatic heterocycles. The zero-order valence-electron chi connectivity index (χ0n) is 13.2. The van der Waals surface area contributed by atoms with Gasteiger partial charge in [-0.25, -0.2) is 0 Å². The number of hydrogen-bond donors (Lipinski definition) is 1. The van der Waals surface area contributed by atoms with Gasteiger partial charge >= 0.3 is 0 Å². The first-order chi connectivity index (χ1) is 10.5. The van der Waals surface area contributed by atoms with E-state index in [9.17, 15) is 13.5 Å². The quantitative estimate of drug-likeness (QED) is 0.863. The van der Waals surface area contributed by atoms with Crippen LogP contribution in [0.25, 0.3) is 0 Å². The van der Waals surface area contributed by atoms with E-state index in [4.69, 9.17) is 4.18 Å². The molecular formula is C17H26O4S. The Morgan fingerprint density at radius 3 is 2.14 bits per heavy atom. The molecule has 0 spiro atoms. The Kier molecular flexibility index (Phi) is 6.41. The molecule has 1 aromatic rings. The zero-order chi connectivity index (χ0) is 16.0. The topological polar surface area (TPSA) is 63.6 Å². The molecule has 1 N–H and O–H groups in total. The molecule has 5 heteroatoms. The summed E-state index contributed by atoms with van der Waals surface area (Å²) in [5.74, 6) is 0. The molecule has 0 heterocycles. The lowest BCUT2D eigenvalue weighted by Gasteiger charge is -2.24. The molecular weight excluding hydrogens is 300 g/mol. The first-order valence-electron chi connectivity index (χ1n) is 8.17. The SMILES string of the molecule is Cc1ccc(S(=O)(=O)O[C@H]2CCCCCCCC[C@@H]2O)cc1. The second-order valence-corrected chi connectivity index (χ2v) is 7.74. The van der Waals surface area contributed by atoms with E-state index in [2.05, 4.69) is 0 Å². The summed E-state index contributed by atoms with van der Waals surface area (Å²) in [6.07, 6.45) is 6.19. The molecule has 1 fully saturated rings. The number of hydrogen-bond acceptors (Lipinski definition) is 4.